The lowest BCUT2D eigenvalue weighted by atomic mass is 10.00. The molecular weight excluding hydrogens is 304 g/mol. The van der Waals surface area contributed by atoms with Gasteiger partial charge in [-0.05, 0) is 46.0 Å². The van der Waals surface area contributed by atoms with Crippen LogP contribution in [-0.2, 0) is 14.6 Å². The quantitative estimate of drug-likeness (QED) is 0.829. The molecule has 0 aromatic rings. The maximum absolute atomic E-state index is 12.5. The van der Waals surface area contributed by atoms with E-state index in [1.54, 1.807) is 0 Å². The maximum atomic E-state index is 12.5. The number of nitrogens with one attached hydrogen (secondary N) is 1. The van der Waals surface area contributed by atoms with Gasteiger partial charge >= 0.3 is 6.03 Å². The van der Waals surface area contributed by atoms with Crippen LogP contribution in [0.3, 0.4) is 0 Å². The number of amides is 2. The van der Waals surface area contributed by atoms with E-state index < -0.39 is 9.84 Å². The molecule has 0 radical (unpaired) electrons. The first kappa shape index (κ1) is 17.5. The molecule has 2 aliphatic rings. The lowest BCUT2D eigenvalue weighted by molar-refractivity contribution is 0.0551. The lowest BCUT2D eigenvalue weighted by Crippen LogP contribution is -2.51. The normalized spacial score (nSPS) is 28.0. The van der Waals surface area contributed by atoms with E-state index in [4.69, 9.17) is 4.74 Å². The predicted molar refractivity (Wildman–Crippen MR) is 85.6 cm³/mol. The molecule has 2 fully saturated rings. The molecule has 0 aromatic heterocycles. The Balaban J connectivity index is 1.85. The minimum atomic E-state index is -2.96. The second kappa shape index (κ2) is 7.64. The van der Waals surface area contributed by atoms with Crippen LogP contribution < -0.4 is 5.32 Å². The summed E-state index contributed by atoms with van der Waals surface area (Å²) in [4.78, 5) is 14.3. The van der Waals surface area contributed by atoms with Gasteiger partial charge in [0.15, 0.2) is 9.84 Å². The van der Waals surface area contributed by atoms with Crippen LogP contribution in [0.4, 0.5) is 4.79 Å². The van der Waals surface area contributed by atoms with Crippen LogP contribution in [0.5, 0.6) is 0 Å². The fraction of sp³-hybridized carbons (Fsp3) is 0.933. The predicted octanol–water partition coefficient (Wildman–Crippen LogP) is 1.55. The molecule has 2 atom stereocenters. The highest BCUT2D eigenvalue weighted by atomic mass is 32.2. The van der Waals surface area contributed by atoms with E-state index in [1.165, 1.54) is 0 Å². The van der Waals surface area contributed by atoms with Gasteiger partial charge in [-0.2, -0.15) is 0 Å². The summed E-state index contributed by atoms with van der Waals surface area (Å²) in [6, 6.07) is -0.145. The van der Waals surface area contributed by atoms with Gasteiger partial charge in [0.05, 0.1) is 17.6 Å². The average molecular weight is 332 g/mol. The highest BCUT2D eigenvalue weighted by Gasteiger charge is 2.32. The van der Waals surface area contributed by atoms with Gasteiger partial charge in [-0.1, -0.05) is 0 Å². The monoisotopic (exact) mass is 332 g/mol. The van der Waals surface area contributed by atoms with Crippen molar-refractivity contribution in [3.8, 4) is 0 Å². The van der Waals surface area contributed by atoms with Crippen molar-refractivity contribution in [2.45, 2.75) is 64.1 Å². The molecule has 0 spiro atoms. The summed E-state index contributed by atoms with van der Waals surface area (Å²) >= 11 is 0. The summed E-state index contributed by atoms with van der Waals surface area (Å²) in [7, 11) is -2.96. The fourth-order valence-corrected chi connectivity index (χ4v) is 4.85. The van der Waals surface area contributed by atoms with E-state index in [1.807, 2.05) is 18.7 Å². The zero-order valence-electron chi connectivity index (χ0n) is 13.6. The number of hydrogen-bond donors (Lipinski definition) is 1. The number of likely N-dealkylation sites (tertiary alicyclic amines) is 1. The number of ether oxygens (including phenoxy) is 1. The Morgan fingerprint density at radius 1 is 1.32 bits per heavy atom. The molecule has 0 bridgehead atoms. The van der Waals surface area contributed by atoms with Gasteiger partial charge in [-0.15, -0.1) is 0 Å². The third-order valence-electron chi connectivity index (χ3n) is 4.35. The first-order valence-corrected chi connectivity index (χ1v) is 10.1. The van der Waals surface area contributed by atoms with Gasteiger partial charge < -0.3 is 15.0 Å². The van der Waals surface area contributed by atoms with Gasteiger partial charge in [0.1, 0.15) is 0 Å². The number of carbonyl (C=O) groups is 1. The highest BCUT2D eigenvalue weighted by Crippen LogP contribution is 2.21. The number of carbonyl (C=O) groups excluding carboxylic acids is 1. The van der Waals surface area contributed by atoms with Crippen molar-refractivity contribution in [2.24, 2.45) is 0 Å². The largest absolute Gasteiger partial charge is 0.379 e. The van der Waals surface area contributed by atoms with E-state index in [-0.39, 0.29) is 35.7 Å². The zero-order chi connectivity index (χ0) is 16.2. The van der Waals surface area contributed by atoms with Crippen molar-refractivity contribution >= 4 is 15.9 Å². The summed E-state index contributed by atoms with van der Waals surface area (Å²) in [5.74, 6) is 0.261. The standard InChI is InChI=1S/C15H28N2O4S/c1-12(2)21-9-6-14-5-3-4-8-17(14)15(18)16-13-7-10-22(19,20)11-13/h12-14H,3-11H2,1-2H3,(H,16,18)/t13-,14+/m1/s1. The second-order valence-electron chi connectivity index (χ2n) is 6.60. The summed E-state index contributed by atoms with van der Waals surface area (Å²) in [6.07, 6.45) is 4.72. The van der Waals surface area contributed by atoms with Crippen molar-refractivity contribution in [1.29, 1.82) is 0 Å². The summed E-state index contributed by atoms with van der Waals surface area (Å²) in [5.41, 5.74) is 0. The van der Waals surface area contributed by atoms with E-state index in [9.17, 15) is 13.2 Å². The average Bonchev–Trinajstić information content (AvgIpc) is 2.78. The molecular formula is C15H28N2O4S. The molecule has 0 unspecified atom stereocenters. The smallest absolute Gasteiger partial charge is 0.317 e. The minimum absolute atomic E-state index is 0.0771. The second-order valence-corrected chi connectivity index (χ2v) is 8.83. The summed E-state index contributed by atoms with van der Waals surface area (Å²) in [5, 5.41) is 2.90. The molecule has 0 aromatic carbocycles. The number of rotatable bonds is 5. The van der Waals surface area contributed by atoms with Gasteiger partial charge in [0.25, 0.3) is 0 Å². The molecule has 6 nitrogen and oxygen atoms in total. The molecule has 2 rings (SSSR count). The lowest BCUT2D eigenvalue weighted by Gasteiger charge is -2.36. The Hall–Kier alpha value is -0.820. The van der Waals surface area contributed by atoms with Gasteiger partial charge in [0, 0.05) is 25.2 Å². The van der Waals surface area contributed by atoms with E-state index in [0.717, 1.165) is 32.2 Å². The van der Waals surface area contributed by atoms with Gasteiger partial charge in [-0.3, -0.25) is 0 Å². The zero-order valence-corrected chi connectivity index (χ0v) is 14.4. The number of sulfone groups is 1. The third-order valence-corrected chi connectivity index (χ3v) is 6.12. The molecule has 7 heteroatoms. The Morgan fingerprint density at radius 3 is 2.73 bits per heavy atom. The number of piperidine rings is 1. The SMILES string of the molecule is CC(C)OCC[C@@H]1CCCCN1C(=O)N[C@@H]1CCS(=O)(=O)C1. The highest BCUT2D eigenvalue weighted by molar-refractivity contribution is 7.91. The summed E-state index contributed by atoms with van der Waals surface area (Å²) < 4.78 is 28.6. The summed E-state index contributed by atoms with van der Waals surface area (Å²) in [6.45, 7) is 5.42. The Bertz CT molecular complexity index is 478. The van der Waals surface area contributed by atoms with Crippen LogP contribution in [0.1, 0.15) is 46.0 Å². The van der Waals surface area contributed by atoms with Crippen LogP contribution in [0.15, 0.2) is 0 Å². The van der Waals surface area contributed by atoms with Crippen LogP contribution >= 0.6 is 0 Å². The van der Waals surface area contributed by atoms with Crippen molar-refractivity contribution in [2.75, 3.05) is 24.7 Å². The Kier molecular flexibility index (Phi) is 6.09. The Labute approximate surface area is 133 Å². The molecule has 0 aliphatic carbocycles. The van der Waals surface area contributed by atoms with Crippen LogP contribution in [0.25, 0.3) is 0 Å². The van der Waals surface area contributed by atoms with E-state index >= 15 is 0 Å². The number of urea groups is 1. The Morgan fingerprint density at radius 2 is 2.09 bits per heavy atom. The number of hydrogen-bond acceptors (Lipinski definition) is 4. The van der Waals surface area contributed by atoms with Crippen LogP contribution in [-0.4, -0.2) is 62.2 Å². The van der Waals surface area contributed by atoms with Gasteiger partial charge in [-0.25, -0.2) is 13.2 Å². The molecule has 2 saturated heterocycles. The molecule has 22 heavy (non-hydrogen) atoms. The van der Waals surface area contributed by atoms with Crippen LogP contribution in [0.2, 0.25) is 0 Å². The minimum Gasteiger partial charge on any atom is -0.379 e. The van der Waals surface area contributed by atoms with Crippen molar-refractivity contribution in [3.63, 3.8) is 0 Å². The topological polar surface area (TPSA) is 75.7 Å². The first-order chi connectivity index (χ1) is 10.4. The molecule has 2 amide bonds. The van der Waals surface area contributed by atoms with Crippen LogP contribution in [0, 0.1) is 0 Å². The third kappa shape index (κ3) is 5.12. The van der Waals surface area contributed by atoms with E-state index in [0.29, 0.717) is 13.0 Å². The number of nitrogens with zero attached hydrogens (tertiary/aromatic N) is 1. The van der Waals surface area contributed by atoms with Crippen molar-refractivity contribution in [1.82, 2.24) is 10.2 Å². The molecule has 0 saturated carbocycles. The molecule has 128 valence electrons. The van der Waals surface area contributed by atoms with Crippen molar-refractivity contribution in [3.05, 3.63) is 0 Å². The molecule has 2 aliphatic heterocycles. The van der Waals surface area contributed by atoms with Gasteiger partial charge in [0.2, 0.25) is 0 Å². The molecule has 2 heterocycles. The first-order valence-electron chi connectivity index (χ1n) is 8.26. The fourth-order valence-electron chi connectivity index (χ4n) is 3.17. The van der Waals surface area contributed by atoms with Crippen molar-refractivity contribution < 1.29 is 17.9 Å². The van der Waals surface area contributed by atoms with E-state index in [2.05, 4.69) is 5.32 Å². The maximum Gasteiger partial charge on any atom is 0.317 e. The molecule has 1 N–H and O–H groups in total.